The van der Waals surface area contributed by atoms with Crippen molar-refractivity contribution >= 4 is 46.3 Å². The predicted molar refractivity (Wildman–Crippen MR) is 114 cm³/mol. The van der Waals surface area contributed by atoms with E-state index in [1.54, 1.807) is 31.3 Å². The van der Waals surface area contributed by atoms with Gasteiger partial charge in [0.1, 0.15) is 0 Å². The maximum Gasteiger partial charge on any atom is 0.266 e. The first-order valence-electron chi connectivity index (χ1n) is 9.04. The van der Waals surface area contributed by atoms with Crippen molar-refractivity contribution in [1.82, 2.24) is 20.2 Å². The van der Waals surface area contributed by atoms with Crippen LogP contribution in [0.1, 0.15) is 22.3 Å². The lowest BCUT2D eigenvalue weighted by atomic mass is 10.0. The molecule has 9 heteroatoms. The molecule has 1 N–H and O–H groups in total. The maximum absolute atomic E-state index is 12.4. The molecule has 0 fully saturated rings. The van der Waals surface area contributed by atoms with Crippen LogP contribution in [-0.2, 0) is 7.05 Å². The molecule has 0 radical (unpaired) electrons. The molecule has 4 rings (SSSR count). The van der Waals surface area contributed by atoms with Gasteiger partial charge in [-0.2, -0.15) is 4.80 Å². The number of nitrogens with zero attached hydrogens (tertiary/aromatic N) is 5. The van der Waals surface area contributed by atoms with Crippen molar-refractivity contribution in [2.75, 3.05) is 23.3 Å². The molecule has 0 saturated heterocycles. The SMILES string of the molecule is Cn1nnc(N2CCC(Cl)=C(c3ccc(NC(=O)c4ccccc4Cl)cc3)C2)n1. The van der Waals surface area contributed by atoms with E-state index in [0.717, 1.165) is 22.7 Å². The van der Waals surface area contributed by atoms with E-state index in [9.17, 15) is 4.79 Å². The standard InChI is InChI=1S/C20H18Cl2N6O/c1-27-25-20(24-26-27)28-11-10-18(22)16(12-28)13-6-8-14(9-7-13)23-19(29)15-4-2-3-5-17(15)21/h2-9H,10-12H2,1H3,(H,23,29). The molecule has 1 aromatic heterocycles. The Bertz CT molecular complexity index is 1080. The number of carbonyl (C=O) groups excluding carboxylic acids is 1. The topological polar surface area (TPSA) is 75.9 Å². The molecule has 0 bridgehead atoms. The molecule has 0 spiro atoms. The van der Waals surface area contributed by atoms with Gasteiger partial charge in [0.25, 0.3) is 11.9 Å². The minimum Gasteiger partial charge on any atom is -0.333 e. The summed E-state index contributed by atoms with van der Waals surface area (Å²) in [6, 6.07) is 14.5. The largest absolute Gasteiger partial charge is 0.333 e. The molecule has 0 unspecified atom stereocenters. The van der Waals surface area contributed by atoms with Crippen LogP contribution >= 0.6 is 23.2 Å². The van der Waals surface area contributed by atoms with Gasteiger partial charge in [0.15, 0.2) is 0 Å². The van der Waals surface area contributed by atoms with E-state index in [1.807, 2.05) is 29.2 Å². The van der Waals surface area contributed by atoms with Gasteiger partial charge in [0.2, 0.25) is 0 Å². The number of hydrogen-bond donors (Lipinski definition) is 1. The van der Waals surface area contributed by atoms with Crippen LogP contribution in [0, 0.1) is 0 Å². The molecule has 0 aliphatic carbocycles. The van der Waals surface area contributed by atoms with Crippen LogP contribution in [0.5, 0.6) is 0 Å². The first kappa shape index (κ1) is 19.4. The summed E-state index contributed by atoms with van der Waals surface area (Å²) in [5, 5.41) is 16.3. The van der Waals surface area contributed by atoms with E-state index in [0.29, 0.717) is 35.2 Å². The summed E-state index contributed by atoms with van der Waals surface area (Å²) < 4.78 is 0. The number of aromatic nitrogens is 4. The molecule has 0 saturated carbocycles. The molecule has 1 amide bonds. The summed E-state index contributed by atoms with van der Waals surface area (Å²) in [4.78, 5) is 15.9. The Morgan fingerprint density at radius 1 is 1.10 bits per heavy atom. The van der Waals surface area contributed by atoms with Crippen LogP contribution in [0.4, 0.5) is 11.6 Å². The van der Waals surface area contributed by atoms with Gasteiger partial charge in [-0.1, -0.05) is 52.6 Å². The number of nitrogens with one attached hydrogen (secondary N) is 1. The molecule has 148 valence electrons. The van der Waals surface area contributed by atoms with Crippen molar-refractivity contribution < 1.29 is 4.79 Å². The smallest absolute Gasteiger partial charge is 0.266 e. The van der Waals surface area contributed by atoms with Gasteiger partial charge >= 0.3 is 0 Å². The average molecular weight is 429 g/mol. The Kier molecular flexibility index (Phi) is 5.51. The van der Waals surface area contributed by atoms with Crippen LogP contribution in [0.25, 0.3) is 5.57 Å². The summed E-state index contributed by atoms with van der Waals surface area (Å²) in [5.41, 5.74) is 3.11. The highest BCUT2D eigenvalue weighted by atomic mass is 35.5. The van der Waals surface area contributed by atoms with Crippen LogP contribution in [0.15, 0.2) is 53.6 Å². The zero-order valence-corrected chi connectivity index (χ0v) is 17.2. The lowest BCUT2D eigenvalue weighted by molar-refractivity contribution is 0.102. The molecule has 1 aliphatic rings. The number of aryl methyl sites for hydroxylation is 1. The minimum absolute atomic E-state index is 0.252. The van der Waals surface area contributed by atoms with E-state index < -0.39 is 0 Å². The van der Waals surface area contributed by atoms with Crippen molar-refractivity contribution in [2.24, 2.45) is 7.05 Å². The second-order valence-corrected chi connectivity index (χ2v) is 7.51. The molecule has 0 atom stereocenters. The molecule has 2 heterocycles. The molecule has 3 aromatic rings. The van der Waals surface area contributed by atoms with Crippen LogP contribution in [-0.4, -0.2) is 39.2 Å². The molecule has 7 nitrogen and oxygen atoms in total. The van der Waals surface area contributed by atoms with Crippen molar-refractivity contribution in [3.63, 3.8) is 0 Å². The van der Waals surface area contributed by atoms with Gasteiger partial charge in [-0.25, -0.2) is 0 Å². The van der Waals surface area contributed by atoms with E-state index in [2.05, 4.69) is 20.7 Å². The highest BCUT2D eigenvalue weighted by Gasteiger charge is 2.22. The fourth-order valence-corrected chi connectivity index (χ4v) is 3.63. The molecule has 29 heavy (non-hydrogen) atoms. The number of amides is 1. The van der Waals surface area contributed by atoms with Gasteiger partial charge in [0, 0.05) is 30.2 Å². The van der Waals surface area contributed by atoms with Crippen LogP contribution < -0.4 is 10.2 Å². The zero-order chi connectivity index (χ0) is 20.4. The Morgan fingerprint density at radius 3 is 2.55 bits per heavy atom. The summed E-state index contributed by atoms with van der Waals surface area (Å²) in [6.07, 6.45) is 0.708. The number of anilines is 2. The summed E-state index contributed by atoms with van der Waals surface area (Å²) in [5.74, 6) is 0.330. The molecule has 2 aromatic carbocycles. The minimum atomic E-state index is -0.252. The molecular formula is C20H18Cl2N6O. The summed E-state index contributed by atoms with van der Waals surface area (Å²) in [7, 11) is 1.74. The normalized spacial score (nSPS) is 14.2. The highest BCUT2D eigenvalue weighted by molar-refractivity contribution is 6.34. The van der Waals surface area contributed by atoms with Gasteiger partial charge in [0.05, 0.1) is 17.6 Å². The highest BCUT2D eigenvalue weighted by Crippen LogP contribution is 2.31. The first-order valence-corrected chi connectivity index (χ1v) is 9.79. The Morgan fingerprint density at radius 2 is 1.86 bits per heavy atom. The molecular weight excluding hydrogens is 411 g/mol. The Balaban J connectivity index is 1.49. The number of carbonyl (C=O) groups is 1. The van der Waals surface area contributed by atoms with Gasteiger partial charge < -0.3 is 10.2 Å². The maximum atomic E-state index is 12.4. The Hall–Kier alpha value is -2.90. The number of tetrazole rings is 1. The first-order chi connectivity index (χ1) is 14.0. The predicted octanol–water partition coefficient (Wildman–Crippen LogP) is 3.98. The van der Waals surface area contributed by atoms with Crippen LogP contribution in [0.2, 0.25) is 5.02 Å². The van der Waals surface area contributed by atoms with E-state index >= 15 is 0 Å². The van der Waals surface area contributed by atoms with E-state index in [-0.39, 0.29) is 5.91 Å². The number of rotatable bonds is 4. The summed E-state index contributed by atoms with van der Waals surface area (Å²) in [6.45, 7) is 1.33. The number of benzene rings is 2. The monoisotopic (exact) mass is 428 g/mol. The fourth-order valence-electron chi connectivity index (χ4n) is 3.16. The quantitative estimate of drug-likeness (QED) is 0.679. The van der Waals surface area contributed by atoms with Gasteiger partial charge in [-0.15, -0.1) is 5.10 Å². The molecule has 1 aliphatic heterocycles. The number of halogens is 2. The second kappa shape index (κ2) is 8.23. The third-order valence-electron chi connectivity index (χ3n) is 4.67. The Labute approximate surface area is 177 Å². The lowest BCUT2D eigenvalue weighted by Crippen LogP contribution is -2.31. The summed E-state index contributed by atoms with van der Waals surface area (Å²) >= 11 is 12.6. The third-order valence-corrected chi connectivity index (χ3v) is 5.41. The number of hydrogen-bond acceptors (Lipinski definition) is 5. The lowest BCUT2D eigenvalue weighted by Gasteiger charge is -2.28. The second-order valence-electron chi connectivity index (χ2n) is 6.65. The van der Waals surface area contributed by atoms with E-state index in [1.165, 1.54) is 4.80 Å². The zero-order valence-electron chi connectivity index (χ0n) is 15.6. The van der Waals surface area contributed by atoms with Crippen molar-refractivity contribution in [2.45, 2.75) is 6.42 Å². The van der Waals surface area contributed by atoms with Gasteiger partial charge in [-0.3, -0.25) is 4.79 Å². The van der Waals surface area contributed by atoms with Crippen molar-refractivity contribution in [1.29, 1.82) is 0 Å². The van der Waals surface area contributed by atoms with Crippen molar-refractivity contribution in [3.05, 3.63) is 69.7 Å². The fraction of sp³-hybridized carbons (Fsp3) is 0.200. The van der Waals surface area contributed by atoms with Crippen LogP contribution in [0.3, 0.4) is 0 Å². The third kappa shape index (κ3) is 4.26. The van der Waals surface area contributed by atoms with Crippen molar-refractivity contribution in [3.8, 4) is 0 Å². The van der Waals surface area contributed by atoms with E-state index in [4.69, 9.17) is 23.2 Å². The van der Waals surface area contributed by atoms with Gasteiger partial charge in [-0.05, 0) is 40.6 Å². The average Bonchev–Trinajstić information content (AvgIpc) is 3.16.